The third kappa shape index (κ3) is 2.32. The normalized spacial score (nSPS) is 30.9. The second kappa shape index (κ2) is 3.91. The zero-order valence-corrected chi connectivity index (χ0v) is 9.12. The minimum atomic E-state index is 0.248. The van der Waals surface area contributed by atoms with Crippen LogP contribution in [-0.4, -0.2) is 58.6 Å². The van der Waals surface area contributed by atoms with Crippen LogP contribution in [0, 0.1) is 0 Å². The van der Waals surface area contributed by atoms with Crippen LogP contribution < -0.4 is 0 Å². The molecular weight excluding hydrogens is 192 g/mol. The largest absolute Gasteiger partial charge is 0.391 e. The molecule has 0 aliphatic carbocycles. The average Bonchev–Trinajstić information content (AvgIpc) is 1.98. The van der Waals surface area contributed by atoms with Gasteiger partial charge in [-0.2, -0.15) is 0 Å². The van der Waals surface area contributed by atoms with Crippen molar-refractivity contribution in [3.8, 4) is 0 Å². The number of thioether (sulfide) groups is 1. The molecule has 1 fully saturated rings. The van der Waals surface area contributed by atoms with Crippen molar-refractivity contribution in [3.63, 3.8) is 0 Å². The van der Waals surface area contributed by atoms with Gasteiger partial charge in [0, 0.05) is 7.05 Å². The first kappa shape index (κ1) is 10.2. The first-order valence-corrected chi connectivity index (χ1v) is 5.29. The van der Waals surface area contributed by atoms with E-state index in [-0.39, 0.29) is 6.61 Å². The Balaban J connectivity index is 2.54. The van der Waals surface area contributed by atoms with Crippen LogP contribution in [0.3, 0.4) is 0 Å². The summed E-state index contributed by atoms with van der Waals surface area (Å²) in [6.07, 6.45) is 0. The zero-order valence-electron chi connectivity index (χ0n) is 7.49. The van der Waals surface area contributed by atoms with Crippen molar-refractivity contribution in [2.45, 2.75) is 0 Å². The summed E-state index contributed by atoms with van der Waals surface area (Å²) in [5.41, 5.74) is 0. The minimum Gasteiger partial charge on any atom is -0.391 e. The van der Waals surface area contributed by atoms with E-state index in [4.69, 9.17) is 17.3 Å². The number of quaternary nitrogens is 1. The molecule has 70 valence electrons. The van der Waals surface area contributed by atoms with Gasteiger partial charge in [0.2, 0.25) is 0 Å². The summed E-state index contributed by atoms with van der Waals surface area (Å²) < 4.78 is 1.83. The molecule has 0 bridgehead atoms. The number of nitrogens with zero attached hydrogens (tertiary/aromatic N) is 2. The molecule has 0 saturated carbocycles. The van der Waals surface area contributed by atoms with Crippen molar-refractivity contribution in [1.82, 2.24) is 4.90 Å². The number of thiocarbonyl (C=S) groups is 1. The van der Waals surface area contributed by atoms with Gasteiger partial charge >= 0.3 is 0 Å². The first-order valence-electron chi connectivity index (χ1n) is 3.90. The summed E-state index contributed by atoms with van der Waals surface area (Å²) >= 11 is 6.82. The second-order valence-corrected chi connectivity index (χ2v) is 5.02. The van der Waals surface area contributed by atoms with Crippen molar-refractivity contribution in [3.05, 3.63) is 0 Å². The summed E-state index contributed by atoms with van der Waals surface area (Å²) in [6, 6.07) is 0. The fourth-order valence-corrected chi connectivity index (χ4v) is 2.44. The Labute approximate surface area is 82.9 Å². The Hall–Kier alpha value is 0.160. The third-order valence-corrected chi connectivity index (χ3v) is 3.98. The van der Waals surface area contributed by atoms with Crippen molar-refractivity contribution < 1.29 is 9.59 Å². The molecule has 1 atom stereocenters. The Bertz CT molecular complexity index is 188. The summed E-state index contributed by atoms with van der Waals surface area (Å²) in [5.74, 6) is 0.976. The maximum atomic E-state index is 8.86. The molecule has 1 rings (SSSR count). The van der Waals surface area contributed by atoms with Crippen LogP contribution in [0.5, 0.6) is 0 Å². The van der Waals surface area contributed by atoms with Gasteiger partial charge in [-0.1, -0.05) is 12.2 Å². The van der Waals surface area contributed by atoms with E-state index < -0.39 is 0 Å². The second-order valence-electron chi connectivity index (χ2n) is 3.45. The zero-order chi connectivity index (χ0) is 9.19. The standard InChI is InChI=1S/C7H15N2OS2/c1-8-5-9(2,3-4-10)6-12-7(8)11/h10H,3-6H2,1-2H3/q+1. The fourth-order valence-electron chi connectivity index (χ4n) is 1.31. The third-order valence-electron chi connectivity index (χ3n) is 2.00. The van der Waals surface area contributed by atoms with Crippen LogP contribution >= 0.6 is 24.0 Å². The summed E-state index contributed by atoms with van der Waals surface area (Å²) in [6.45, 7) is 1.96. The van der Waals surface area contributed by atoms with E-state index >= 15 is 0 Å². The van der Waals surface area contributed by atoms with Gasteiger partial charge in [0.25, 0.3) is 0 Å². The fraction of sp³-hybridized carbons (Fsp3) is 0.857. The maximum Gasteiger partial charge on any atom is 0.155 e. The van der Waals surface area contributed by atoms with E-state index in [1.165, 1.54) is 0 Å². The van der Waals surface area contributed by atoms with Gasteiger partial charge < -0.3 is 10.0 Å². The Morgan fingerprint density at radius 1 is 1.75 bits per heavy atom. The van der Waals surface area contributed by atoms with Crippen molar-refractivity contribution in [2.24, 2.45) is 0 Å². The molecule has 0 spiro atoms. The highest BCUT2D eigenvalue weighted by atomic mass is 32.2. The monoisotopic (exact) mass is 207 g/mol. The van der Waals surface area contributed by atoms with Gasteiger partial charge in [-0.05, 0) is 11.8 Å². The molecule has 1 heterocycles. The lowest BCUT2D eigenvalue weighted by atomic mass is 10.5. The lowest BCUT2D eigenvalue weighted by Crippen LogP contribution is -2.56. The van der Waals surface area contributed by atoms with E-state index in [1.807, 2.05) is 7.05 Å². The molecule has 1 N–H and O–H groups in total. The van der Waals surface area contributed by atoms with Crippen LogP contribution in [0.1, 0.15) is 0 Å². The Morgan fingerprint density at radius 2 is 2.42 bits per heavy atom. The number of hydrogen-bond donors (Lipinski definition) is 1. The number of rotatable bonds is 2. The molecule has 3 nitrogen and oxygen atoms in total. The van der Waals surface area contributed by atoms with Crippen LogP contribution in [0.2, 0.25) is 0 Å². The summed E-state index contributed by atoms with van der Waals surface area (Å²) in [7, 11) is 4.14. The highest BCUT2D eigenvalue weighted by Gasteiger charge is 2.29. The summed E-state index contributed by atoms with van der Waals surface area (Å²) in [5, 5.41) is 8.86. The van der Waals surface area contributed by atoms with E-state index in [0.717, 1.165) is 27.9 Å². The van der Waals surface area contributed by atoms with E-state index in [0.29, 0.717) is 0 Å². The highest BCUT2D eigenvalue weighted by Crippen LogP contribution is 2.21. The van der Waals surface area contributed by atoms with Crippen molar-refractivity contribution >= 4 is 28.3 Å². The number of aliphatic hydroxyl groups excluding tert-OH is 1. The lowest BCUT2D eigenvalue weighted by molar-refractivity contribution is -0.906. The molecular formula is C7H15N2OS2+. The lowest BCUT2D eigenvalue weighted by Gasteiger charge is -2.41. The van der Waals surface area contributed by atoms with Gasteiger partial charge in [-0.3, -0.25) is 4.48 Å². The predicted molar refractivity (Wildman–Crippen MR) is 55.8 cm³/mol. The average molecular weight is 207 g/mol. The predicted octanol–water partition coefficient (Wildman–Crippen LogP) is 0.304. The van der Waals surface area contributed by atoms with Gasteiger partial charge in [-0.25, -0.2) is 0 Å². The molecule has 1 saturated heterocycles. The topological polar surface area (TPSA) is 23.5 Å². The molecule has 0 aromatic carbocycles. The van der Waals surface area contributed by atoms with E-state index in [2.05, 4.69) is 11.9 Å². The molecule has 0 aromatic rings. The van der Waals surface area contributed by atoms with Crippen LogP contribution in [0.15, 0.2) is 0 Å². The maximum absolute atomic E-state index is 8.86. The molecule has 1 aliphatic heterocycles. The van der Waals surface area contributed by atoms with E-state index in [1.54, 1.807) is 11.8 Å². The Morgan fingerprint density at radius 3 is 2.92 bits per heavy atom. The van der Waals surface area contributed by atoms with Crippen LogP contribution in [-0.2, 0) is 0 Å². The SMILES string of the molecule is CN1C[N+](C)(CCO)CSC1=S. The van der Waals surface area contributed by atoms with Gasteiger partial charge in [0.05, 0.1) is 13.7 Å². The Kier molecular flexibility index (Phi) is 3.34. The van der Waals surface area contributed by atoms with Gasteiger partial charge in [0.1, 0.15) is 16.7 Å². The molecule has 1 aliphatic rings. The van der Waals surface area contributed by atoms with E-state index in [9.17, 15) is 0 Å². The number of hydrogen-bond acceptors (Lipinski definition) is 3. The van der Waals surface area contributed by atoms with Crippen molar-refractivity contribution in [1.29, 1.82) is 0 Å². The molecule has 0 aromatic heterocycles. The molecule has 0 radical (unpaired) electrons. The number of aliphatic hydroxyl groups is 1. The first-order chi connectivity index (χ1) is 5.57. The highest BCUT2D eigenvalue weighted by molar-refractivity contribution is 8.22. The minimum absolute atomic E-state index is 0.248. The molecule has 5 heteroatoms. The quantitative estimate of drug-likeness (QED) is 0.520. The smallest absolute Gasteiger partial charge is 0.155 e. The van der Waals surface area contributed by atoms with Gasteiger partial charge in [-0.15, -0.1) is 0 Å². The van der Waals surface area contributed by atoms with Crippen molar-refractivity contribution in [2.75, 3.05) is 39.8 Å². The summed E-state index contributed by atoms with van der Waals surface area (Å²) in [4.78, 5) is 2.07. The number of likely N-dealkylation sites (N-methyl/N-ethyl adjacent to an activating group) is 1. The van der Waals surface area contributed by atoms with Gasteiger partial charge in [0.15, 0.2) is 6.67 Å². The van der Waals surface area contributed by atoms with Crippen LogP contribution in [0.4, 0.5) is 0 Å². The van der Waals surface area contributed by atoms with Crippen LogP contribution in [0.25, 0.3) is 0 Å². The molecule has 1 unspecified atom stereocenters. The molecule has 0 amide bonds. The molecule has 12 heavy (non-hydrogen) atoms.